The molecular weight excluding hydrogens is 430 g/mol. The Balaban J connectivity index is 1.70. The number of aryl methyl sites for hydroxylation is 2. The molecule has 1 amide bonds. The largest absolute Gasteiger partial charge is 0.483 e. The van der Waals surface area contributed by atoms with Crippen LogP contribution >= 0.6 is 23.1 Å². The molecule has 31 heavy (non-hydrogen) atoms. The first-order chi connectivity index (χ1) is 14.9. The Morgan fingerprint density at radius 1 is 1.39 bits per heavy atom. The summed E-state index contributed by atoms with van der Waals surface area (Å²) in [7, 11) is 0. The van der Waals surface area contributed by atoms with Crippen LogP contribution in [0.3, 0.4) is 0 Å². The Kier molecular flexibility index (Phi) is 7.50. The molecule has 3 aromatic rings. The van der Waals surface area contributed by atoms with Crippen molar-refractivity contribution in [2.24, 2.45) is 0 Å². The molecule has 0 saturated heterocycles. The van der Waals surface area contributed by atoms with E-state index in [9.17, 15) is 4.79 Å². The highest BCUT2D eigenvalue weighted by atomic mass is 32.2. The van der Waals surface area contributed by atoms with E-state index in [1.165, 1.54) is 23.1 Å². The van der Waals surface area contributed by atoms with Gasteiger partial charge in [-0.05, 0) is 55.5 Å². The maximum absolute atomic E-state index is 12.3. The molecule has 1 atom stereocenters. The van der Waals surface area contributed by atoms with Crippen LogP contribution < -0.4 is 10.1 Å². The zero-order valence-corrected chi connectivity index (χ0v) is 19.2. The van der Waals surface area contributed by atoms with Crippen LogP contribution in [-0.4, -0.2) is 26.4 Å². The number of nitrogens with one attached hydrogen (secondary N) is 1. The lowest BCUT2D eigenvalue weighted by Gasteiger charge is -2.16. The zero-order valence-electron chi connectivity index (χ0n) is 17.6. The van der Waals surface area contributed by atoms with Gasteiger partial charge in [0.2, 0.25) is 5.91 Å². The van der Waals surface area contributed by atoms with Crippen molar-refractivity contribution in [1.82, 2.24) is 14.8 Å². The van der Waals surface area contributed by atoms with Gasteiger partial charge in [0.05, 0.1) is 11.3 Å². The predicted molar refractivity (Wildman–Crippen MR) is 124 cm³/mol. The zero-order chi connectivity index (χ0) is 22.4. The minimum atomic E-state index is -0.332. The number of allylic oxidation sites excluding steroid dienone is 1. The van der Waals surface area contributed by atoms with Gasteiger partial charge in [-0.2, -0.15) is 5.26 Å². The number of thioether (sulfide) groups is 1. The number of carbonyl (C=O) groups excluding carboxylic acids is 1. The number of benzene rings is 1. The molecular formula is C22H23N5O2S2. The van der Waals surface area contributed by atoms with E-state index in [1.54, 1.807) is 17.5 Å². The number of amides is 1. The summed E-state index contributed by atoms with van der Waals surface area (Å²) in [6, 6.07) is 9.80. The topological polar surface area (TPSA) is 92.8 Å². The number of thiophene rings is 1. The van der Waals surface area contributed by atoms with Crippen molar-refractivity contribution >= 4 is 34.0 Å². The molecule has 1 aromatic carbocycles. The highest BCUT2D eigenvalue weighted by Crippen LogP contribution is 2.27. The molecule has 0 saturated carbocycles. The van der Waals surface area contributed by atoms with Crippen molar-refractivity contribution < 1.29 is 9.53 Å². The Hall–Kier alpha value is -3.09. The Morgan fingerprint density at radius 2 is 2.13 bits per heavy atom. The molecule has 1 N–H and O–H groups in total. The van der Waals surface area contributed by atoms with Gasteiger partial charge < -0.3 is 10.1 Å². The van der Waals surface area contributed by atoms with Crippen molar-refractivity contribution in [3.8, 4) is 11.8 Å². The summed E-state index contributed by atoms with van der Waals surface area (Å²) < 4.78 is 8.00. The summed E-state index contributed by atoms with van der Waals surface area (Å²) in [6.45, 7) is 10.3. The fourth-order valence-electron chi connectivity index (χ4n) is 3.05. The standard InChI is InChI=1S/C22H23N5O2S2/c1-5-7-27-20(16(4)29-18-10-14(2)9-15(3)11-18)25-26-22(27)31-13-19(28)24-21-17(12-23)6-8-30-21/h5-6,8-11,16H,1,7,13H2,2-4H3,(H,24,28). The monoisotopic (exact) mass is 453 g/mol. The number of nitrogens with zero attached hydrogens (tertiary/aromatic N) is 4. The second-order valence-electron chi connectivity index (χ2n) is 6.94. The molecule has 0 radical (unpaired) electrons. The van der Waals surface area contributed by atoms with E-state index in [4.69, 9.17) is 10.00 Å². The van der Waals surface area contributed by atoms with Crippen LogP contribution in [0.25, 0.3) is 0 Å². The predicted octanol–water partition coefficient (Wildman–Crippen LogP) is 4.88. The van der Waals surface area contributed by atoms with Crippen molar-refractivity contribution in [1.29, 1.82) is 5.26 Å². The highest BCUT2D eigenvalue weighted by Gasteiger charge is 2.20. The van der Waals surface area contributed by atoms with Gasteiger partial charge in [-0.3, -0.25) is 9.36 Å². The maximum Gasteiger partial charge on any atom is 0.235 e. The van der Waals surface area contributed by atoms with Gasteiger partial charge in [-0.1, -0.05) is 23.9 Å². The van der Waals surface area contributed by atoms with Crippen LogP contribution in [0.4, 0.5) is 5.00 Å². The molecule has 1 unspecified atom stereocenters. The van der Waals surface area contributed by atoms with Crippen molar-refractivity contribution in [2.75, 3.05) is 11.1 Å². The number of aromatic nitrogens is 3. The molecule has 0 aliphatic heterocycles. The number of nitriles is 1. The Labute approximate surface area is 189 Å². The van der Waals surface area contributed by atoms with Crippen LogP contribution in [0.15, 0.2) is 47.5 Å². The van der Waals surface area contributed by atoms with Crippen molar-refractivity contribution in [2.45, 2.75) is 38.6 Å². The lowest BCUT2D eigenvalue weighted by atomic mass is 10.1. The first-order valence-corrected chi connectivity index (χ1v) is 11.5. The number of hydrogen-bond acceptors (Lipinski definition) is 7. The first kappa shape index (κ1) is 22.6. The average molecular weight is 454 g/mol. The van der Waals surface area contributed by atoms with E-state index in [0.717, 1.165) is 16.9 Å². The molecule has 0 aliphatic carbocycles. The van der Waals surface area contributed by atoms with Gasteiger partial charge in [0.15, 0.2) is 17.1 Å². The normalized spacial score (nSPS) is 11.5. The smallest absolute Gasteiger partial charge is 0.235 e. The lowest BCUT2D eigenvalue weighted by Crippen LogP contribution is -2.15. The molecule has 2 aromatic heterocycles. The minimum Gasteiger partial charge on any atom is -0.483 e. The van der Waals surface area contributed by atoms with Gasteiger partial charge in [0.25, 0.3) is 0 Å². The van der Waals surface area contributed by atoms with E-state index in [1.807, 2.05) is 37.5 Å². The fourth-order valence-corrected chi connectivity index (χ4v) is 4.56. The number of ether oxygens (including phenoxy) is 1. The first-order valence-electron chi connectivity index (χ1n) is 9.60. The van der Waals surface area contributed by atoms with Gasteiger partial charge in [-0.25, -0.2) is 0 Å². The van der Waals surface area contributed by atoms with Crippen molar-refractivity contribution in [3.05, 3.63) is 64.8 Å². The molecule has 3 rings (SSSR count). The molecule has 0 bridgehead atoms. The SMILES string of the molecule is C=CCn1c(SCC(=O)Nc2sccc2C#N)nnc1C(C)Oc1cc(C)cc(C)c1. The molecule has 0 aliphatic rings. The molecule has 0 spiro atoms. The van der Waals surface area contributed by atoms with E-state index >= 15 is 0 Å². The number of carbonyl (C=O) groups is 1. The van der Waals surface area contributed by atoms with Crippen LogP contribution in [0.1, 0.15) is 35.5 Å². The van der Waals surface area contributed by atoms with Gasteiger partial charge in [0, 0.05) is 6.54 Å². The summed E-state index contributed by atoms with van der Waals surface area (Å²) in [5.74, 6) is 1.37. The molecule has 7 nitrogen and oxygen atoms in total. The minimum absolute atomic E-state index is 0.143. The third kappa shape index (κ3) is 5.75. The summed E-state index contributed by atoms with van der Waals surface area (Å²) >= 11 is 2.60. The maximum atomic E-state index is 12.3. The second kappa shape index (κ2) is 10.3. The summed E-state index contributed by atoms with van der Waals surface area (Å²) in [5.41, 5.74) is 2.71. The van der Waals surface area contributed by atoms with Gasteiger partial charge >= 0.3 is 0 Å². The number of anilines is 1. The van der Waals surface area contributed by atoms with E-state index in [2.05, 4.69) is 34.2 Å². The van der Waals surface area contributed by atoms with Crippen molar-refractivity contribution in [3.63, 3.8) is 0 Å². The summed E-state index contributed by atoms with van der Waals surface area (Å²) in [5, 5.41) is 23.3. The highest BCUT2D eigenvalue weighted by molar-refractivity contribution is 7.99. The third-order valence-corrected chi connectivity index (χ3v) is 6.10. The van der Waals surface area contributed by atoms with E-state index in [0.29, 0.717) is 28.1 Å². The van der Waals surface area contributed by atoms with Crippen LogP contribution in [0.2, 0.25) is 0 Å². The van der Waals surface area contributed by atoms with E-state index < -0.39 is 0 Å². The third-order valence-electron chi connectivity index (χ3n) is 4.30. The molecule has 0 fully saturated rings. The van der Waals surface area contributed by atoms with Gasteiger partial charge in [-0.15, -0.1) is 28.1 Å². The second-order valence-corrected chi connectivity index (χ2v) is 8.79. The summed E-state index contributed by atoms with van der Waals surface area (Å²) in [6.07, 6.45) is 1.42. The average Bonchev–Trinajstić information content (AvgIpc) is 3.32. The number of hydrogen-bond donors (Lipinski definition) is 1. The van der Waals surface area contributed by atoms with Crippen LogP contribution in [0, 0.1) is 25.2 Å². The molecule has 160 valence electrons. The Morgan fingerprint density at radius 3 is 2.81 bits per heavy atom. The van der Waals surface area contributed by atoms with Crippen LogP contribution in [-0.2, 0) is 11.3 Å². The lowest BCUT2D eigenvalue weighted by molar-refractivity contribution is -0.113. The Bertz CT molecular complexity index is 1110. The quantitative estimate of drug-likeness (QED) is 0.366. The van der Waals surface area contributed by atoms with Gasteiger partial charge in [0.1, 0.15) is 16.8 Å². The number of rotatable bonds is 9. The summed E-state index contributed by atoms with van der Waals surface area (Å²) in [4.78, 5) is 12.3. The van der Waals surface area contributed by atoms with Crippen LogP contribution in [0.5, 0.6) is 5.75 Å². The fraction of sp³-hybridized carbons (Fsp3) is 0.273. The molecule has 9 heteroatoms. The van der Waals surface area contributed by atoms with E-state index in [-0.39, 0.29) is 17.8 Å². The molecule has 2 heterocycles.